The first-order valence-corrected chi connectivity index (χ1v) is 11.6. The Hall–Kier alpha value is -4.85. The summed E-state index contributed by atoms with van der Waals surface area (Å²) in [6, 6.07) is 25.4. The Labute approximate surface area is 206 Å². The van der Waals surface area contributed by atoms with Crippen molar-refractivity contribution in [3.8, 4) is 11.3 Å². The molecule has 2 heterocycles. The zero-order chi connectivity index (χ0) is 25.1. The predicted molar refractivity (Wildman–Crippen MR) is 138 cm³/mol. The molecule has 0 aliphatic carbocycles. The lowest BCUT2D eigenvalue weighted by Crippen LogP contribution is -2.43. The molecule has 8 nitrogen and oxygen atoms in total. The number of carbonyl (C=O) groups excluding carboxylic acids is 2. The molecule has 0 bridgehead atoms. The molecule has 0 atom stereocenters. The summed E-state index contributed by atoms with van der Waals surface area (Å²) >= 11 is 0. The fourth-order valence-corrected chi connectivity index (χ4v) is 4.13. The van der Waals surface area contributed by atoms with Crippen molar-refractivity contribution >= 4 is 33.5 Å². The summed E-state index contributed by atoms with van der Waals surface area (Å²) in [6.45, 7) is 2.30. The van der Waals surface area contributed by atoms with Crippen molar-refractivity contribution in [3.05, 3.63) is 107 Å². The minimum Gasteiger partial charge on any atom is -0.267 e. The third kappa shape index (κ3) is 4.32. The molecule has 0 spiro atoms. The van der Waals surface area contributed by atoms with Gasteiger partial charge in [-0.25, -0.2) is 9.67 Å². The fraction of sp³-hybridized carbons (Fsp3) is 0.107. The van der Waals surface area contributed by atoms with E-state index in [0.717, 1.165) is 5.56 Å². The van der Waals surface area contributed by atoms with Gasteiger partial charge in [0.2, 0.25) is 0 Å². The minimum atomic E-state index is -0.619. The normalized spacial score (nSPS) is 10.9. The van der Waals surface area contributed by atoms with Crippen LogP contribution in [-0.4, -0.2) is 26.6 Å². The number of aromatic nitrogens is 3. The highest BCUT2D eigenvalue weighted by atomic mass is 16.2. The van der Waals surface area contributed by atoms with E-state index in [0.29, 0.717) is 45.9 Å². The van der Waals surface area contributed by atoms with Crippen LogP contribution in [0.2, 0.25) is 0 Å². The molecule has 8 heteroatoms. The van der Waals surface area contributed by atoms with Crippen LogP contribution < -0.4 is 16.4 Å². The molecule has 0 fully saturated rings. The van der Waals surface area contributed by atoms with Gasteiger partial charge in [-0.3, -0.25) is 25.2 Å². The summed E-state index contributed by atoms with van der Waals surface area (Å²) in [5.41, 5.74) is 7.31. The highest BCUT2D eigenvalue weighted by Gasteiger charge is 2.19. The van der Waals surface area contributed by atoms with Crippen molar-refractivity contribution in [2.45, 2.75) is 19.9 Å². The monoisotopic (exact) mass is 477 g/mol. The summed E-state index contributed by atoms with van der Waals surface area (Å²) in [4.78, 5) is 43.7. The Balaban J connectivity index is 1.47. The van der Waals surface area contributed by atoms with Gasteiger partial charge in [0, 0.05) is 22.9 Å². The molecule has 2 N–H and O–H groups in total. The number of fused-ring (bicyclic) bond motifs is 2. The van der Waals surface area contributed by atoms with Gasteiger partial charge in [-0.2, -0.15) is 5.10 Å². The number of carbonyl (C=O) groups is 2. The number of hydrogen-bond donors (Lipinski definition) is 2. The molecule has 5 aromatic rings. The van der Waals surface area contributed by atoms with Crippen molar-refractivity contribution in [1.29, 1.82) is 0 Å². The summed E-state index contributed by atoms with van der Waals surface area (Å²) in [5, 5.41) is 5.74. The van der Waals surface area contributed by atoms with Gasteiger partial charge in [0.25, 0.3) is 17.4 Å². The van der Waals surface area contributed by atoms with Crippen molar-refractivity contribution in [3.63, 3.8) is 0 Å². The molecule has 5 rings (SSSR count). The number of pyridine rings is 1. The van der Waals surface area contributed by atoms with Crippen LogP contribution in [0.3, 0.4) is 0 Å². The molecule has 2 aromatic heterocycles. The van der Waals surface area contributed by atoms with Gasteiger partial charge in [-0.15, -0.1) is 0 Å². The third-order valence-corrected chi connectivity index (χ3v) is 5.84. The zero-order valence-electron chi connectivity index (χ0n) is 19.6. The van der Waals surface area contributed by atoms with E-state index in [1.165, 1.54) is 4.68 Å². The molecule has 0 unspecified atom stereocenters. The molecule has 0 saturated heterocycles. The Bertz CT molecular complexity index is 1660. The second-order valence-electron chi connectivity index (χ2n) is 8.27. The van der Waals surface area contributed by atoms with E-state index in [4.69, 9.17) is 4.98 Å². The molecular formula is C28H23N5O3. The lowest BCUT2D eigenvalue weighted by Gasteiger charge is -2.13. The molecule has 2 amide bonds. The highest BCUT2D eigenvalue weighted by molar-refractivity contribution is 6.09. The maximum Gasteiger partial charge on any atom is 0.290 e. The maximum atomic E-state index is 13.2. The molecular weight excluding hydrogens is 454 g/mol. The van der Waals surface area contributed by atoms with Gasteiger partial charge in [0.15, 0.2) is 5.69 Å². The number of amides is 2. The van der Waals surface area contributed by atoms with Gasteiger partial charge in [-0.05, 0) is 24.6 Å². The average molecular weight is 478 g/mol. The van der Waals surface area contributed by atoms with Gasteiger partial charge < -0.3 is 0 Å². The number of para-hydroxylation sites is 1. The first kappa shape index (κ1) is 22.9. The van der Waals surface area contributed by atoms with Crippen LogP contribution in [-0.2, 0) is 6.54 Å². The van der Waals surface area contributed by atoms with Gasteiger partial charge in [0.1, 0.15) is 0 Å². The van der Waals surface area contributed by atoms with E-state index in [9.17, 15) is 14.4 Å². The van der Waals surface area contributed by atoms with Crippen LogP contribution in [0.1, 0.15) is 34.2 Å². The first-order valence-electron chi connectivity index (χ1n) is 11.6. The van der Waals surface area contributed by atoms with E-state index in [1.54, 1.807) is 30.3 Å². The first-order chi connectivity index (χ1) is 17.6. The Kier molecular flexibility index (Phi) is 6.23. The summed E-state index contributed by atoms with van der Waals surface area (Å²) < 4.78 is 1.28. The second-order valence-corrected chi connectivity index (χ2v) is 8.27. The van der Waals surface area contributed by atoms with Crippen LogP contribution in [0.4, 0.5) is 0 Å². The quantitative estimate of drug-likeness (QED) is 0.371. The predicted octanol–water partition coefficient (Wildman–Crippen LogP) is 4.10. The minimum absolute atomic E-state index is 0.0588. The largest absolute Gasteiger partial charge is 0.290 e. The Morgan fingerprint density at radius 1 is 0.806 bits per heavy atom. The van der Waals surface area contributed by atoms with E-state index < -0.39 is 11.8 Å². The molecule has 0 saturated carbocycles. The summed E-state index contributed by atoms with van der Waals surface area (Å²) in [5.74, 6) is -1.11. The Morgan fingerprint density at radius 2 is 1.44 bits per heavy atom. The molecule has 36 heavy (non-hydrogen) atoms. The van der Waals surface area contributed by atoms with Crippen molar-refractivity contribution < 1.29 is 9.59 Å². The van der Waals surface area contributed by atoms with Crippen molar-refractivity contribution in [2.75, 3.05) is 0 Å². The summed E-state index contributed by atoms with van der Waals surface area (Å²) in [7, 11) is 0. The van der Waals surface area contributed by atoms with E-state index >= 15 is 0 Å². The van der Waals surface area contributed by atoms with Crippen LogP contribution in [0.5, 0.6) is 0 Å². The van der Waals surface area contributed by atoms with Crippen molar-refractivity contribution in [2.24, 2.45) is 0 Å². The summed E-state index contributed by atoms with van der Waals surface area (Å²) in [6.07, 6.45) is 0.682. The van der Waals surface area contributed by atoms with E-state index in [2.05, 4.69) is 16.0 Å². The van der Waals surface area contributed by atoms with Crippen LogP contribution in [0.25, 0.3) is 32.9 Å². The second kappa shape index (κ2) is 9.79. The van der Waals surface area contributed by atoms with E-state index in [-0.39, 0.29) is 11.3 Å². The van der Waals surface area contributed by atoms with Crippen molar-refractivity contribution in [1.82, 2.24) is 25.6 Å². The van der Waals surface area contributed by atoms with Crippen LogP contribution >= 0.6 is 0 Å². The third-order valence-electron chi connectivity index (χ3n) is 5.84. The number of aryl methyl sites for hydroxylation is 1. The van der Waals surface area contributed by atoms with Gasteiger partial charge >= 0.3 is 0 Å². The molecule has 0 radical (unpaired) electrons. The number of nitrogens with one attached hydrogen (secondary N) is 2. The molecule has 0 aliphatic rings. The number of hydrazine groups is 1. The van der Waals surface area contributed by atoms with Crippen LogP contribution in [0, 0.1) is 0 Å². The lowest BCUT2D eigenvalue weighted by molar-refractivity contribution is 0.0844. The number of rotatable bonds is 5. The molecule has 3 aromatic carbocycles. The zero-order valence-corrected chi connectivity index (χ0v) is 19.6. The lowest BCUT2D eigenvalue weighted by atomic mass is 10.0. The van der Waals surface area contributed by atoms with Gasteiger partial charge in [0.05, 0.1) is 22.2 Å². The van der Waals surface area contributed by atoms with E-state index in [1.807, 2.05) is 61.5 Å². The number of hydrogen-bond acceptors (Lipinski definition) is 5. The Morgan fingerprint density at radius 3 is 2.19 bits per heavy atom. The SMILES string of the molecule is CCCn1nc(C(=O)NNC(=O)c2cc(-c3ccccc3)nc3ccccc23)c2ccccc2c1=O. The topological polar surface area (TPSA) is 106 Å². The average Bonchev–Trinajstić information content (AvgIpc) is 2.93. The molecule has 0 aliphatic heterocycles. The number of nitrogens with zero attached hydrogens (tertiary/aromatic N) is 3. The standard InChI is InChI=1S/C28H23N5O3/c1-2-16-33-28(36)21-14-7-6-13-20(21)25(32-33)27(35)31-30-26(34)22-17-24(18-10-4-3-5-11-18)29-23-15-9-8-12-19(22)23/h3-15,17H,2,16H2,1H3,(H,30,34)(H,31,35). The van der Waals surface area contributed by atoms with Crippen LogP contribution in [0.15, 0.2) is 89.7 Å². The van der Waals surface area contributed by atoms with Gasteiger partial charge in [-0.1, -0.05) is 73.7 Å². The number of benzene rings is 3. The highest BCUT2D eigenvalue weighted by Crippen LogP contribution is 2.24. The smallest absolute Gasteiger partial charge is 0.267 e. The fourth-order valence-electron chi connectivity index (χ4n) is 4.13. The molecule has 178 valence electrons. The maximum absolute atomic E-state index is 13.2.